The second kappa shape index (κ2) is 5.60. The topological polar surface area (TPSA) is 66.4 Å². The molecule has 0 atom stereocenters. The standard InChI is InChI=1S/C13H9ClFNO3S/c1-6-5-9(20-11(6)13(18)19)16-12(17)10-7(14)3-2-4-8(10)15/h2-5H,1H3,(H,16,17)(H,18,19). The highest BCUT2D eigenvalue weighted by Gasteiger charge is 2.18. The Bertz CT molecular complexity index is 679. The molecule has 0 bridgehead atoms. The van der Waals surface area contributed by atoms with Crippen molar-refractivity contribution >= 4 is 39.8 Å². The molecule has 7 heteroatoms. The number of nitrogens with one attached hydrogen (secondary N) is 1. The largest absolute Gasteiger partial charge is 0.477 e. The van der Waals surface area contributed by atoms with Gasteiger partial charge in [0.05, 0.1) is 15.6 Å². The average molecular weight is 314 g/mol. The second-order valence-corrected chi connectivity index (χ2v) is 5.44. The third-order valence-corrected chi connectivity index (χ3v) is 3.99. The van der Waals surface area contributed by atoms with Crippen molar-refractivity contribution in [3.8, 4) is 0 Å². The van der Waals surface area contributed by atoms with Crippen LogP contribution in [0.25, 0.3) is 0 Å². The van der Waals surface area contributed by atoms with Gasteiger partial charge in [-0.25, -0.2) is 9.18 Å². The lowest BCUT2D eigenvalue weighted by atomic mass is 10.2. The number of benzene rings is 1. The molecule has 0 spiro atoms. The minimum atomic E-state index is -1.07. The minimum Gasteiger partial charge on any atom is -0.477 e. The number of carboxylic acids is 1. The van der Waals surface area contributed by atoms with Crippen LogP contribution in [0.5, 0.6) is 0 Å². The molecule has 0 saturated heterocycles. The van der Waals surface area contributed by atoms with Crippen LogP contribution in [0.4, 0.5) is 9.39 Å². The number of carbonyl (C=O) groups is 2. The van der Waals surface area contributed by atoms with Gasteiger partial charge in [0.15, 0.2) is 0 Å². The number of carbonyl (C=O) groups excluding carboxylic acids is 1. The monoisotopic (exact) mass is 313 g/mol. The van der Waals surface area contributed by atoms with E-state index >= 15 is 0 Å². The zero-order valence-electron chi connectivity index (χ0n) is 10.2. The molecular weight excluding hydrogens is 305 g/mol. The fourth-order valence-corrected chi connectivity index (χ4v) is 2.80. The Kier molecular flexibility index (Phi) is 4.06. The highest BCUT2D eigenvalue weighted by atomic mass is 35.5. The van der Waals surface area contributed by atoms with Crippen molar-refractivity contribution in [2.45, 2.75) is 6.92 Å². The van der Waals surface area contributed by atoms with E-state index in [0.717, 1.165) is 17.4 Å². The van der Waals surface area contributed by atoms with E-state index in [9.17, 15) is 14.0 Å². The van der Waals surface area contributed by atoms with Crippen LogP contribution in [-0.4, -0.2) is 17.0 Å². The van der Waals surface area contributed by atoms with E-state index in [4.69, 9.17) is 16.7 Å². The maximum atomic E-state index is 13.6. The fraction of sp³-hybridized carbons (Fsp3) is 0.0769. The lowest BCUT2D eigenvalue weighted by molar-refractivity contribution is 0.0701. The highest BCUT2D eigenvalue weighted by molar-refractivity contribution is 7.18. The predicted molar refractivity (Wildman–Crippen MR) is 75.4 cm³/mol. The van der Waals surface area contributed by atoms with Gasteiger partial charge in [-0.3, -0.25) is 4.79 Å². The lowest BCUT2D eigenvalue weighted by Crippen LogP contribution is -2.13. The van der Waals surface area contributed by atoms with E-state index in [1.54, 1.807) is 6.92 Å². The summed E-state index contributed by atoms with van der Waals surface area (Å²) in [5.74, 6) is -2.52. The summed E-state index contributed by atoms with van der Waals surface area (Å²) in [5.41, 5.74) is 0.259. The van der Waals surface area contributed by atoms with Gasteiger partial charge in [-0.1, -0.05) is 17.7 Å². The van der Waals surface area contributed by atoms with Crippen molar-refractivity contribution in [1.82, 2.24) is 0 Å². The zero-order chi connectivity index (χ0) is 14.9. The highest BCUT2D eigenvalue weighted by Crippen LogP contribution is 2.28. The van der Waals surface area contributed by atoms with E-state index in [1.807, 2.05) is 0 Å². The van der Waals surface area contributed by atoms with Gasteiger partial charge in [0.1, 0.15) is 10.7 Å². The Morgan fingerprint density at radius 1 is 1.40 bits per heavy atom. The molecular formula is C13H9ClFNO3S. The molecule has 1 aromatic heterocycles. The Labute approximate surface area is 122 Å². The number of hydrogen-bond donors (Lipinski definition) is 2. The van der Waals surface area contributed by atoms with Gasteiger partial charge in [0, 0.05) is 0 Å². The summed E-state index contributed by atoms with van der Waals surface area (Å²) in [6.07, 6.45) is 0. The summed E-state index contributed by atoms with van der Waals surface area (Å²) in [6.45, 7) is 1.62. The maximum absolute atomic E-state index is 13.6. The van der Waals surface area contributed by atoms with Crippen LogP contribution in [0.1, 0.15) is 25.6 Å². The molecule has 2 N–H and O–H groups in total. The van der Waals surface area contributed by atoms with Crippen LogP contribution < -0.4 is 5.32 Å². The predicted octanol–water partition coefficient (Wildman–Crippen LogP) is 3.80. The number of carboxylic acid groups (broad SMARTS) is 1. The van der Waals surface area contributed by atoms with Crippen LogP contribution in [0.2, 0.25) is 5.02 Å². The maximum Gasteiger partial charge on any atom is 0.346 e. The summed E-state index contributed by atoms with van der Waals surface area (Å²) in [7, 11) is 0. The normalized spacial score (nSPS) is 10.3. The van der Waals surface area contributed by atoms with Gasteiger partial charge >= 0.3 is 5.97 Å². The second-order valence-electron chi connectivity index (χ2n) is 3.98. The first kappa shape index (κ1) is 14.5. The van der Waals surface area contributed by atoms with Crippen LogP contribution in [0.3, 0.4) is 0 Å². The van der Waals surface area contributed by atoms with Crippen molar-refractivity contribution < 1.29 is 19.1 Å². The van der Waals surface area contributed by atoms with E-state index in [0.29, 0.717) is 10.6 Å². The molecule has 20 heavy (non-hydrogen) atoms. The Balaban J connectivity index is 2.28. The fourth-order valence-electron chi connectivity index (χ4n) is 1.65. The van der Waals surface area contributed by atoms with Gasteiger partial charge in [0.2, 0.25) is 0 Å². The molecule has 0 aliphatic carbocycles. The molecule has 0 saturated carbocycles. The third-order valence-electron chi connectivity index (χ3n) is 2.54. The molecule has 1 heterocycles. The Morgan fingerprint density at radius 3 is 2.65 bits per heavy atom. The van der Waals surface area contributed by atoms with Gasteiger partial charge < -0.3 is 10.4 Å². The number of hydrogen-bond acceptors (Lipinski definition) is 3. The minimum absolute atomic E-state index is 0.00534. The average Bonchev–Trinajstić information content (AvgIpc) is 2.70. The smallest absolute Gasteiger partial charge is 0.346 e. The van der Waals surface area contributed by atoms with Crippen LogP contribution in [0, 0.1) is 12.7 Å². The molecule has 4 nitrogen and oxygen atoms in total. The van der Waals surface area contributed by atoms with E-state index in [1.165, 1.54) is 18.2 Å². The summed E-state index contributed by atoms with van der Waals surface area (Å²) in [4.78, 5) is 23.0. The Hall–Kier alpha value is -1.92. The number of aromatic carboxylic acids is 1. The van der Waals surface area contributed by atoms with Gasteiger partial charge in [-0.05, 0) is 30.7 Å². The number of aryl methyl sites for hydroxylation is 1. The quantitative estimate of drug-likeness (QED) is 0.905. The molecule has 1 amide bonds. The third kappa shape index (κ3) is 2.81. The number of rotatable bonds is 3. The van der Waals surface area contributed by atoms with Crippen molar-refractivity contribution in [3.05, 3.63) is 51.1 Å². The summed E-state index contributed by atoms with van der Waals surface area (Å²) in [6, 6.07) is 5.44. The molecule has 1 aromatic carbocycles. The summed E-state index contributed by atoms with van der Waals surface area (Å²) < 4.78 is 13.6. The summed E-state index contributed by atoms with van der Waals surface area (Å²) >= 11 is 6.69. The Morgan fingerprint density at radius 2 is 2.10 bits per heavy atom. The SMILES string of the molecule is Cc1cc(NC(=O)c2c(F)cccc2Cl)sc1C(=O)O. The lowest BCUT2D eigenvalue weighted by Gasteiger charge is -2.05. The zero-order valence-corrected chi connectivity index (χ0v) is 11.8. The van der Waals surface area contributed by atoms with Gasteiger partial charge in [0.25, 0.3) is 5.91 Å². The van der Waals surface area contributed by atoms with Crippen molar-refractivity contribution in [2.24, 2.45) is 0 Å². The van der Waals surface area contributed by atoms with Crippen LogP contribution in [0.15, 0.2) is 24.3 Å². The van der Waals surface area contributed by atoms with Gasteiger partial charge in [-0.2, -0.15) is 0 Å². The molecule has 0 aliphatic heterocycles. The first-order valence-electron chi connectivity index (χ1n) is 5.49. The van der Waals surface area contributed by atoms with E-state index in [2.05, 4.69) is 5.32 Å². The van der Waals surface area contributed by atoms with Crippen LogP contribution >= 0.6 is 22.9 Å². The molecule has 0 unspecified atom stereocenters. The number of anilines is 1. The number of thiophene rings is 1. The molecule has 0 fully saturated rings. The van der Waals surface area contributed by atoms with Gasteiger partial charge in [-0.15, -0.1) is 11.3 Å². The number of halogens is 2. The molecule has 104 valence electrons. The van der Waals surface area contributed by atoms with Crippen LogP contribution in [-0.2, 0) is 0 Å². The molecule has 0 aliphatic rings. The van der Waals surface area contributed by atoms with Crippen molar-refractivity contribution in [3.63, 3.8) is 0 Å². The molecule has 2 aromatic rings. The van der Waals surface area contributed by atoms with Crippen molar-refractivity contribution in [2.75, 3.05) is 5.32 Å². The first-order valence-corrected chi connectivity index (χ1v) is 6.68. The van der Waals surface area contributed by atoms with E-state index in [-0.39, 0.29) is 15.5 Å². The summed E-state index contributed by atoms with van der Waals surface area (Å²) in [5, 5.41) is 11.7. The van der Waals surface area contributed by atoms with Crippen molar-refractivity contribution in [1.29, 1.82) is 0 Å². The number of amides is 1. The van der Waals surface area contributed by atoms with E-state index < -0.39 is 17.7 Å². The molecule has 2 rings (SSSR count). The first-order chi connectivity index (χ1) is 9.40. The molecule has 0 radical (unpaired) electrons.